The lowest BCUT2D eigenvalue weighted by atomic mass is 10.1. The van der Waals surface area contributed by atoms with E-state index in [1.807, 2.05) is 6.20 Å². The minimum Gasteiger partial charge on any atom is -0.378 e. The zero-order valence-corrected chi connectivity index (χ0v) is 21.8. The van der Waals surface area contributed by atoms with E-state index in [9.17, 15) is 0 Å². The number of halogens is 1. The van der Waals surface area contributed by atoms with Gasteiger partial charge in [-0.3, -0.25) is 0 Å². The maximum Gasteiger partial charge on any atom is 0.191 e. The molecule has 7 heteroatoms. The van der Waals surface area contributed by atoms with Crippen LogP contribution in [0.25, 0.3) is 0 Å². The number of aliphatic imine (C=N–C) groups is 1. The number of nitrogens with zero attached hydrogens (tertiary/aromatic N) is 4. The van der Waals surface area contributed by atoms with E-state index >= 15 is 0 Å². The van der Waals surface area contributed by atoms with E-state index in [4.69, 9.17) is 4.99 Å². The number of hydrogen-bond acceptors (Lipinski definition) is 4. The molecule has 2 heterocycles. The molecular formula is C24H37IN6. The van der Waals surface area contributed by atoms with E-state index < -0.39 is 0 Å². The van der Waals surface area contributed by atoms with Gasteiger partial charge >= 0.3 is 0 Å². The summed E-state index contributed by atoms with van der Waals surface area (Å²) < 4.78 is 0. The van der Waals surface area contributed by atoms with Gasteiger partial charge in [0.1, 0.15) is 5.82 Å². The fourth-order valence-electron chi connectivity index (χ4n) is 3.71. The van der Waals surface area contributed by atoms with Crippen LogP contribution in [0.5, 0.6) is 0 Å². The lowest BCUT2D eigenvalue weighted by Gasteiger charge is -2.33. The van der Waals surface area contributed by atoms with Gasteiger partial charge in [0.05, 0.1) is 6.54 Å². The third-order valence-corrected chi connectivity index (χ3v) is 5.65. The number of anilines is 2. The lowest BCUT2D eigenvalue weighted by molar-refractivity contribution is 0.459. The average Bonchev–Trinajstić information content (AvgIpc) is 2.74. The van der Waals surface area contributed by atoms with Gasteiger partial charge in [-0.2, -0.15) is 0 Å². The largest absolute Gasteiger partial charge is 0.378 e. The number of nitrogens with one attached hydrogen (secondary N) is 2. The van der Waals surface area contributed by atoms with Crippen LogP contribution in [0.4, 0.5) is 11.5 Å². The fraction of sp³-hybridized carbons (Fsp3) is 0.500. The first-order valence-electron chi connectivity index (χ1n) is 11.0. The highest BCUT2D eigenvalue weighted by atomic mass is 127. The van der Waals surface area contributed by atoms with Crippen molar-refractivity contribution in [1.29, 1.82) is 0 Å². The first-order valence-corrected chi connectivity index (χ1v) is 11.0. The standard InChI is InChI=1S/C24H36N6.HI/c1-6-25-24(27-17-20-8-9-22(29(4)5)15-19(20)3)28-21-11-13-30(14-12-21)23-10-7-18(2)16-26-23;/h7-10,15-16,21H,6,11-14,17H2,1-5H3,(H2,25,27,28);1H. The van der Waals surface area contributed by atoms with Crippen LogP contribution in [0.2, 0.25) is 0 Å². The molecule has 1 aliphatic rings. The van der Waals surface area contributed by atoms with Crippen LogP contribution in [-0.4, -0.2) is 50.7 Å². The summed E-state index contributed by atoms with van der Waals surface area (Å²) in [6.07, 6.45) is 4.11. The van der Waals surface area contributed by atoms with Gasteiger partial charge < -0.3 is 20.4 Å². The van der Waals surface area contributed by atoms with Gasteiger partial charge in [0.15, 0.2) is 5.96 Å². The predicted octanol–water partition coefficient (Wildman–Crippen LogP) is 4.11. The minimum atomic E-state index is 0. The van der Waals surface area contributed by atoms with Crippen LogP contribution in [0.15, 0.2) is 41.5 Å². The molecule has 0 radical (unpaired) electrons. The van der Waals surface area contributed by atoms with E-state index in [2.05, 4.69) is 90.6 Å². The van der Waals surface area contributed by atoms with Gasteiger partial charge in [-0.1, -0.05) is 12.1 Å². The number of benzene rings is 1. The van der Waals surface area contributed by atoms with E-state index in [0.29, 0.717) is 12.6 Å². The Hall–Kier alpha value is -2.03. The summed E-state index contributed by atoms with van der Waals surface area (Å²) in [5.41, 5.74) is 4.96. The number of aryl methyl sites for hydroxylation is 2. The summed E-state index contributed by atoms with van der Waals surface area (Å²) >= 11 is 0. The molecule has 0 saturated carbocycles. The second kappa shape index (κ2) is 12.1. The predicted molar refractivity (Wildman–Crippen MR) is 143 cm³/mol. The van der Waals surface area contributed by atoms with Gasteiger partial charge in [-0.25, -0.2) is 9.98 Å². The topological polar surface area (TPSA) is 55.8 Å². The normalized spacial score (nSPS) is 14.7. The summed E-state index contributed by atoms with van der Waals surface area (Å²) in [5.74, 6) is 1.98. The molecule has 0 bridgehead atoms. The third kappa shape index (κ3) is 7.26. The Morgan fingerprint density at radius 1 is 1.16 bits per heavy atom. The van der Waals surface area contributed by atoms with Crippen LogP contribution < -0.4 is 20.4 Å². The molecule has 1 aromatic heterocycles. The third-order valence-electron chi connectivity index (χ3n) is 5.65. The van der Waals surface area contributed by atoms with Gasteiger partial charge in [-0.15, -0.1) is 24.0 Å². The molecule has 31 heavy (non-hydrogen) atoms. The molecule has 0 aliphatic carbocycles. The maximum absolute atomic E-state index is 4.85. The number of rotatable bonds is 6. The van der Waals surface area contributed by atoms with Crippen LogP contribution >= 0.6 is 24.0 Å². The van der Waals surface area contributed by atoms with Crippen molar-refractivity contribution >= 4 is 41.4 Å². The summed E-state index contributed by atoms with van der Waals surface area (Å²) in [6.45, 7) is 9.91. The minimum absolute atomic E-state index is 0. The molecule has 1 fully saturated rings. The van der Waals surface area contributed by atoms with Crippen molar-refractivity contribution in [2.75, 3.05) is 43.5 Å². The quantitative estimate of drug-likeness (QED) is 0.331. The molecule has 6 nitrogen and oxygen atoms in total. The first-order chi connectivity index (χ1) is 14.5. The van der Waals surface area contributed by atoms with Gasteiger partial charge in [0.2, 0.25) is 0 Å². The van der Waals surface area contributed by atoms with E-state index in [0.717, 1.165) is 44.3 Å². The second-order valence-electron chi connectivity index (χ2n) is 8.30. The van der Waals surface area contributed by atoms with Crippen LogP contribution in [0, 0.1) is 13.8 Å². The van der Waals surface area contributed by atoms with Crippen molar-refractivity contribution in [3.8, 4) is 0 Å². The molecule has 0 amide bonds. The van der Waals surface area contributed by atoms with Gasteiger partial charge in [0.25, 0.3) is 0 Å². The Morgan fingerprint density at radius 3 is 2.48 bits per heavy atom. The lowest BCUT2D eigenvalue weighted by Crippen LogP contribution is -2.48. The number of piperidine rings is 1. The average molecular weight is 537 g/mol. The Labute approximate surface area is 204 Å². The number of aromatic nitrogens is 1. The molecule has 0 spiro atoms. The number of pyridine rings is 1. The Balaban J connectivity index is 0.00000341. The molecule has 2 aromatic rings. The highest BCUT2D eigenvalue weighted by Gasteiger charge is 2.20. The molecule has 0 unspecified atom stereocenters. The van der Waals surface area contributed by atoms with Crippen molar-refractivity contribution in [3.05, 3.63) is 53.2 Å². The summed E-state index contributed by atoms with van der Waals surface area (Å²) in [4.78, 5) is 13.9. The molecule has 0 atom stereocenters. The molecular weight excluding hydrogens is 499 g/mol. The smallest absolute Gasteiger partial charge is 0.191 e. The molecule has 3 rings (SSSR count). The van der Waals surface area contributed by atoms with Crippen molar-refractivity contribution in [3.63, 3.8) is 0 Å². The zero-order valence-electron chi connectivity index (χ0n) is 19.5. The summed E-state index contributed by atoms with van der Waals surface area (Å²) in [5, 5.41) is 7.04. The number of hydrogen-bond donors (Lipinski definition) is 2. The summed E-state index contributed by atoms with van der Waals surface area (Å²) in [6, 6.07) is 11.3. The number of guanidine groups is 1. The van der Waals surface area contributed by atoms with Crippen molar-refractivity contribution in [2.45, 2.75) is 46.2 Å². The molecule has 170 valence electrons. The van der Waals surface area contributed by atoms with Gasteiger partial charge in [0, 0.05) is 51.7 Å². The summed E-state index contributed by atoms with van der Waals surface area (Å²) in [7, 11) is 4.14. The Morgan fingerprint density at radius 2 is 1.90 bits per heavy atom. The molecule has 1 aromatic carbocycles. The highest BCUT2D eigenvalue weighted by molar-refractivity contribution is 14.0. The fourth-order valence-corrected chi connectivity index (χ4v) is 3.71. The van der Waals surface area contributed by atoms with Crippen molar-refractivity contribution in [1.82, 2.24) is 15.6 Å². The van der Waals surface area contributed by atoms with Crippen molar-refractivity contribution < 1.29 is 0 Å². The van der Waals surface area contributed by atoms with Gasteiger partial charge in [-0.05, 0) is 68.5 Å². The van der Waals surface area contributed by atoms with Crippen molar-refractivity contribution in [2.24, 2.45) is 4.99 Å². The maximum atomic E-state index is 4.85. The van der Waals surface area contributed by atoms with Crippen LogP contribution in [-0.2, 0) is 6.54 Å². The SMILES string of the molecule is CCNC(=NCc1ccc(N(C)C)cc1C)NC1CCN(c2ccc(C)cn2)CC1.I. The van der Waals surface area contributed by atoms with Crippen LogP contribution in [0.3, 0.4) is 0 Å². The Bertz CT molecular complexity index is 842. The Kier molecular flexibility index (Phi) is 9.87. The molecule has 2 N–H and O–H groups in total. The monoisotopic (exact) mass is 536 g/mol. The van der Waals surface area contributed by atoms with E-state index in [1.165, 1.54) is 22.4 Å². The van der Waals surface area contributed by atoms with Crippen LogP contribution in [0.1, 0.15) is 36.5 Å². The first kappa shape index (κ1) is 25.2. The molecule has 1 saturated heterocycles. The van der Waals surface area contributed by atoms with E-state index in [1.54, 1.807) is 0 Å². The zero-order chi connectivity index (χ0) is 21.5. The van der Waals surface area contributed by atoms with E-state index in [-0.39, 0.29) is 24.0 Å². The second-order valence-corrected chi connectivity index (χ2v) is 8.30. The highest BCUT2D eigenvalue weighted by Crippen LogP contribution is 2.19. The molecule has 1 aliphatic heterocycles.